The monoisotopic (exact) mass is 199 g/mol. The van der Waals surface area contributed by atoms with Crippen LogP contribution in [0.25, 0.3) is 10.4 Å². The second-order valence-corrected chi connectivity index (χ2v) is 3.89. The van der Waals surface area contributed by atoms with Crippen LogP contribution in [0.4, 0.5) is 0 Å². The summed E-state index contributed by atoms with van der Waals surface area (Å²) in [6.45, 7) is 4.30. The van der Waals surface area contributed by atoms with Gasteiger partial charge in [0, 0.05) is 22.4 Å². The Morgan fingerprint density at radius 1 is 1.33 bits per heavy atom. The number of azide groups is 1. The second-order valence-electron chi connectivity index (χ2n) is 3.89. The predicted octanol–water partition coefficient (Wildman–Crippen LogP) is 3.37. The van der Waals surface area contributed by atoms with Crippen LogP contribution < -0.4 is 0 Å². The highest BCUT2D eigenvalue weighted by Gasteiger charge is 2.12. The molecule has 1 rings (SSSR count). The quantitative estimate of drug-likeness (QED) is 0.303. The van der Waals surface area contributed by atoms with Crippen molar-refractivity contribution in [2.45, 2.75) is 13.8 Å². The minimum Gasteiger partial charge on any atom is -0.0924 e. The van der Waals surface area contributed by atoms with Gasteiger partial charge in [0.05, 0.1) is 0 Å². The molecular weight excluding hydrogens is 186 g/mol. The summed E-state index contributed by atoms with van der Waals surface area (Å²) < 4.78 is 0. The lowest BCUT2D eigenvalue weighted by molar-refractivity contribution is 0.517. The summed E-state index contributed by atoms with van der Waals surface area (Å²) in [4.78, 5) is 2.73. The first kappa shape index (κ1) is 11.2. The molecule has 0 aliphatic heterocycles. The molecule has 76 valence electrons. The van der Waals surface area contributed by atoms with E-state index in [4.69, 9.17) is 5.53 Å². The Labute approximate surface area is 89.8 Å². The SMILES string of the molecule is CC(C)(C#Cc1ccccc1)CN=[N+]=[N-]. The maximum Gasteiger partial charge on any atom is 0.0419 e. The van der Waals surface area contributed by atoms with Crippen molar-refractivity contribution in [2.24, 2.45) is 10.5 Å². The summed E-state index contributed by atoms with van der Waals surface area (Å²) >= 11 is 0. The number of hydrogen-bond acceptors (Lipinski definition) is 1. The van der Waals surface area contributed by atoms with E-state index in [1.807, 2.05) is 44.2 Å². The summed E-state index contributed by atoms with van der Waals surface area (Å²) in [6.07, 6.45) is 0. The minimum absolute atomic E-state index is 0.276. The standard InChI is InChI=1S/C12H13N3/c1-12(2,10-14-15-13)9-8-11-6-4-3-5-7-11/h3-7H,10H2,1-2H3. The molecule has 0 N–H and O–H groups in total. The highest BCUT2D eigenvalue weighted by Crippen LogP contribution is 2.14. The van der Waals surface area contributed by atoms with Gasteiger partial charge >= 0.3 is 0 Å². The first-order chi connectivity index (χ1) is 7.14. The van der Waals surface area contributed by atoms with Crippen molar-refractivity contribution in [3.63, 3.8) is 0 Å². The van der Waals surface area contributed by atoms with E-state index in [2.05, 4.69) is 21.9 Å². The van der Waals surface area contributed by atoms with Crippen LogP contribution in [0.3, 0.4) is 0 Å². The molecule has 0 aliphatic carbocycles. The molecule has 1 aromatic carbocycles. The third kappa shape index (κ3) is 4.21. The van der Waals surface area contributed by atoms with Crippen LogP contribution >= 0.6 is 0 Å². The Balaban J connectivity index is 2.76. The lowest BCUT2D eigenvalue weighted by Gasteiger charge is -2.12. The molecule has 3 nitrogen and oxygen atoms in total. The third-order valence-corrected chi connectivity index (χ3v) is 1.85. The van der Waals surface area contributed by atoms with Crippen LogP contribution in [0.2, 0.25) is 0 Å². The van der Waals surface area contributed by atoms with E-state index >= 15 is 0 Å². The van der Waals surface area contributed by atoms with Crippen LogP contribution in [0.5, 0.6) is 0 Å². The molecule has 0 amide bonds. The van der Waals surface area contributed by atoms with E-state index in [9.17, 15) is 0 Å². The van der Waals surface area contributed by atoms with Gasteiger partial charge in [-0.3, -0.25) is 0 Å². The van der Waals surface area contributed by atoms with Gasteiger partial charge < -0.3 is 0 Å². The normalized spacial score (nSPS) is 9.73. The van der Waals surface area contributed by atoms with Gasteiger partial charge in [0.15, 0.2) is 0 Å². The molecule has 0 saturated carbocycles. The number of hydrogen-bond donors (Lipinski definition) is 0. The Kier molecular flexibility index (Phi) is 3.79. The number of rotatable bonds is 2. The molecular formula is C12H13N3. The van der Waals surface area contributed by atoms with Crippen LogP contribution in [-0.2, 0) is 0 Å². The molecule has 0 spiro atoms. The van der Waals surface area contributed by atoms with Crippen molar-refractivity contribution >= 4 is 0 Å². The van der Waals surface area contributed by atoms with Crippen molar-refractivity contribution in [1.29, 1.82) is 0 Å². The zero-order valence-corrected chi connectivity index (χ0v) is 8.94. The topological polar surface area (TPSA) is 48.8 Å². The Bertz CT molecular complexity index is 417. The molecule has 0 fully saturated rings. The third-order valence-electron chi connectivity index (χ3n) is 1.85. The maximum atomic E-state index is 8.22. The fourth-order valence-electron chi connectivity index (χ4n) is 1.01. The van der Waals surface area contributed by atoms with E-state index in [0.29, 0.717) is 6.54 Å². The Morgan fingerprint density at radius 2 is 2.00 bits per heavy atom. The first-order valence-electron chi connectivity index (χ1n) is 4.73. The van der Waals surface area contributed by atoms with Gasteiger partial charge in [-0.15, -0.1) is 0 Å². The van der Waals surface area contributed by atoms with E-state index in [1.165, 1.54) is 0 Å². The van der Waals surface area contributed by atoms with Gasteiger partial charge in [-0.1, -0.05) is 35.2 Å². The molecule has 0 atom stereocenters. The highest BCUT2D eigenvalue weighted by molar-refractivity contribution is 5.35. The molecule has 0 radical (unpaired) electrons. The van der Waals surface area contributed by atoms with E-state index in [-0.39, 0.29) is 5.41 Å². The molecule has 0 bridgehead atoms. The number of nitrogens with zero attached hydrogens (tertiary/aromatic N) is 3. The van der Waals surface area contributed by atoms with Gasteiger partial charge in [0.1, 0.15) is 0 Å². The van der Waals surface area contributed by atoms with E-state index in [0.717, 1.165) is 5.56 Å². The summed E-state index contributed by atoms with van der Waals surface area (Å²) in [7, 11) is 0. The van der Waals surface area contributed by atoms with Crippen molar-refractivity contribution in [2.75, 3.05) is 6.54 Å². The average Bonchev–Trinajstić information content (AvgIpc) is 2.25. The van der Waals surface area contributed by atoms with Gasteiger partial charge in [0.2, 0.25) is 0 Å². The van der Waals surface area contributed by atoms with Crippen molar-refractivity contribution in [1.82, 2.24) is 0 Å². The lowest BCUT2D eigenvalue weighted by atomic mass is 9.94. The van der Waals surface area contributed by atoms with Gasteiger partial charge in [-0.2, -0.15) is 0 Å². The predicted molar refractivity (Wildman–Crippen MR) is 61.1 cm³/mol. The molecule has 3 heteroatoms. The van der Waals surface area contributed by atoms with Gasteiger partial charge in [-0.05, 0) is 31.5 Å². The van der Waals surface area contributed by atoms with Crippen LogP contribution in [0.15, 0.2) is 35.4 Å². The molecule has 0 aliphatic rings. The summed E-state index contributed by atoms with van der Waals surface area (Å²) in [5, 5.41) is 3.53. The average molecular weight is 199 g/mol. The van der Waals surface area contributed by atoms with Gasteiger partial charge in [-0.25, -0.2) is 0 Å². The maximum absolute atomic E-state index is 8.22. The van der Waals surface area contributed by atoms with Crippen LogP contribution in [0, 0.1) is 17.3 Å². The zero-order valence-electron chi connectivity index (χ0n) is 8.94. The minimum atomic E-state index is -0.276. The smallest absolute Gasteiger partial charge is 0.0419 e. The molecule has 0 unspecified atom stereocenters. The fourth-order valence-corrected chi connectivity index (χ4v) is 1.01. The largest absolute Gasteiger partial charge is 0.0924 e. The molecule has 15 heavy (non-hydrogen) atoms. The molecule has 0 aromatic heterocycles. The lowest BCUT2D eigenvalue weighted by Crippen LogP contribution is -2.11. The zero-order chi connectivity index (χ0) is 11.1. The fraction of sp³-hybridized carbons (Fsp3) is 0.333. The molecule has 1 aromatic rings. The number of benzene rings is 1. The first-order valence-corrected chi connectivity index (χ1v) is 4.73. The molecule has 0 saturated heterocycles. The van der Waals surface area contributed by atoms with Crippen LogP contribution in [-0.4, -0.2) is 6.54 Å². The van der Waals surface area contributed by atoms with Crippen molar-refractivity contribution in [3.05, 3.63) is 46.3 Å². The van der Waals surface area contributed by atoms with Crippen molar-refractivity contribution < 1.29 is 0 Å². The van der Waals surface area contributed by atoms with Crippen LogP contribution in [0.1, 0.15) is 19.4 Å². The highest BCUT2D eigenvalue weighted by atomic mass is 15.1. The summed E-state index contributed by atoms with van der Waals surface area (Å²) in [6, 6.07) is 9.76. The second kappa shape index (κ2) is 5.09. The van der Waals surface area contributed by atoms with E-state index < -0.39 is 0 Å². The molecule has 0 heterocycles. The summed E-state index contributed by atoms with van der Waals surface area (Å²) in [5.74, 6) is 6.16. The van der Waals surface area contributed by atoms with Crippen molar-refractivity contribution in [3.8, 4) is 11.8 Å². The van der Waals surface area contributed by atoms with E-state index in [1.54, 1.807) is 0 Å². The Morgan fingerprint density at radius 3 is 2.60 bits per heavy atom. The van der Waals surface area contributed by atoms with Gasteiger partial charge in [0.25, 0.3) is 0 Å². The Hall–Kier alpha value is -1.91. The summed E-state index contributed by atoms with van der Waals surface area (Å²) in [5.41, 5.74) is 8.93.